The maximum absolute atomic E-state index is 5.96. The zero-order valence-electron chi connectivity index (χ0n) is 16.1. The van der Waals surface area contributed by atoms with Crippen molar-refractivity contribution in [2.24, 2.45) is 0 Å². The maximum atomic E-state index is 5.96. The van der Waals surface area contributed by atoms with Gasteiger partial charge in [0.1, 0.15) is 6.10 Å². The predicted octanol–water partition coefficient (Wildman–Crippen LogP) is 6.19. The quantitative estimate of drug-likeness (QED) is 0.388. The van der Waals surface area contributed by atoms with E-state index in [1.807, 2.05) is 30.3 Å². The van der Waals surface area contributed by atoms with Gasteiger partial charge in [-0.3, -0.25) is 0 Å². The molecule has 0 spiro atoms. The lowest BCUT2D eigenvalue weighted by Crippen LogP contribution is -2.09. The van der Waals surface area contributed by atoms with E-state index < -0.39 is 5.60 Å². The van der Waals surface area contributed by atoms with Crippen LogP contribution in [-0.2, 0) is 10.3 Å². The molecule has 0 bridgehead atoms. The van der Waals surface area contributed by atoms with E-state index in [0.29, 0.717) is 0 Å². The van der Waals surface area contributed by atoms with Gasteiger partial charge in [0.15, 0.2) is 5.60 Å². The van der Waals surface area contributed by atoms with Crippen molar-refractivity contribution in [1.82, 2.24) is 0 Å². The molecule has 0 saturated carbocycles. The van der Waals surface area contributed by atoms with Crippen molar-refractivity contribution in [2.45, 2.75) is 31.0 Å². The number of hydrogen-bond donors (Lipinski definition) is 0. The van der Waals surface area contributed by atoms with Gasteiger partial charge in [0.25, 0.3) is 0 Å². The van der Waals surface area contributed by atoms with Crippen LogP contribution in [0.1, 0.15) is 36.0 Å². The average Bonchev–Trinajstić information content (AvgIpc) is 3.43. The van der Waals surface area contributed by atoms with Gasteiger partial charge in [-0.1, -0.05) is 115 Å². The van der Waals surface area contributed by atoms with Crippen LogP contribution in [0.15, 0.2) is 97.1 Å². The van der Waals surface area contributed by atoms with Gasteiger partial charge >= 0.3 is 0 Å². The Balaban J connectivity index is 1.59. The highest BCUT2D eigenvalue weighted by Crippen LogP contribution is 2.45. The van der Waals surface area contributed by atoms with Crippen molar-refractivity contribution in [2.75, 3.05) is 0 Å². The fourth-order valence-corrected chi connectivity index (χ4v) is 3.50. The Morgan fingerprint density at radius 2 is 1.46 bits per heavy atom. The topological polar surface area (TPSA) is 12.5 Å². The minimum Gasteiger partial charge on any atom is -0.348 e. The molecule has 0 aliphatic carbocycles. The molecule has 0 amide bonds. The Hall–Kier alpha value is -3.08. The molecule has 1 nitrogen and oxygen atoms in total. The van der Waals surface area contributed by atoms with Gasteiger partial charge in [-0.25, -0.2) is 0 Å². The first kappa shape index (κ1) is 18.3. The summed E-state index contributed by atoms with van der Waals surface area (Å²) < 4.78 is 5.96. The first-order valence-corrected chi connectivity index (χ1v) is 9.80. The summed E-state index contributed by atoms with van der Waals surface area (Å²) in [5.74, 6) is 7.14. The van der Waals surface area contributed by atoms with Crippen LogP contribution < -0.4 is 0 Å². The Kier molecular flexibility index (Phi) is 5.42. The lowest BCUT2D eigenvalue weighted by molar-refractivity contribution is 0.345. The number of epoxide rings is 1. The third-order valence-corrected chi connectivity index (χ3v) is 5.20. The molecule has 1 saturated heterocycles. The molecular weight excluding hydrogens is 340 g/mol. The molecule has 28 heavy (non-hydrogen) atoms. The zero-order chi connectivity index (χ0) is 19.2. The Bertz CT molecular complexity index is 980. The first-order valence-electron chi connectivity index (χ1n) is 9.80. The monoisotopic (exact) mass is 364 g/mol. The summed E-state index contributed by atoms with van der Waals surface area (Å²) >= 11 is 0. The summed E-state index contributed by atoms with van der Waals surface area (Å²) in [6.07, 6.45) is 5.37. The van der Waals surface area contributed by atoms with Crippen molar-refractivity contribution < 1.29 is 4.74 Å². The lowest BCUT2D eigenvalue weighted by Gasteiger charge is -2.10. The van der Waals surface area contributed by atoms with Crippen LogP contribution in [0.25, 0.3) is 6.08 Å². The van der Waals surface area contributed by atoms with Gasteiger partial charge in [0.05, 0.1) is 0 Å². The van der Waals surface area contributed by atoms with E-state index in [-0.39, 0.29) is 12.0 Å². The molecule has 1 aliphatic rings. The van der Waals surface area contributed by atoms with Gasteiger partial charge in [0, 0.05) is 5.92 Å². The van der Waals surface area contributed by atoms with Crippen LogP contribution in [-0.4, -0.2) is 6.10 Å². The van der Waals surface area contributed by atoms with E-state index in [2.05, 4.69) is 91.6 Å². The summed E-state index contributed by atoms with van der Waals surface area (Å²) in [6, 6.07) is 31.2. The molecule has 4 rings (SSSR count). The van der Waals surface area contributed by atoms with Crippen LogP contribution in [0.2, 0.25) is 0 Å². The van der Waals surface area contributed by atoms with E-state index in [1.165, 1.54) is 11.1 Å². The van der Waals surface area contributed by atoms with E-state index in [4.69, 9.17) is 4.74 Å². The second kappa shape index (κ2) is 8.30. The highest BCUT2D eigenvalue weighted by Gasteiger charge is 2.53. The number of ether oxygens (including phenoxy) is 1. The van der Waals surface area contributed by atoms with Crippen LogP contribution >= 0.6 is 0 Å². The SMILES string of the molecule is C[C@@H]1O[C@]1(C#CC(C/C=C/c1ccccc1)c1ccccc1)c1ccccc1. The number of allylic oxidation sites excluding steroid dienone is 1. The molecule has 1 heteroatoms. The van der Waals surface area contributed by atoms with Crippen molar-refractivity contribution in [1.29, 1.82) is 0 Å². The average molecular weight is 364 g/mol. The summed E-state index contributed by atoms with van der Waals surface area (Å²) in [4.78, 5) is 0. The molecular formula is C27H24O. The number of benzene rings is 3. The zero-order valence-corrected chi connectivity index (χ0v) is 16.1. The Morgan fingerprint density at radius 3 is 2.07 bits per heavy atom. The van der Waals surface area contributed by atoms with E-state index in [0.717, 1.165) is 12.0 Å². The molecule has 0 aromatic heterocycles. The van der Waals surface area contributed by atoms with Crippen molar-refractivity contribution >= 4 is 6.08 Å². The number of rotatable bonds is 5. The Morgan fingerprint density at radius 1 is 0.893 bits per heavy atom. The smallest absolute Gasteiger partial charge is 0.180 e. The van der Waals surface area contributed by atoms with Gasteiger partial charge in [-0.15, -0.1) is 0 Å². The molecule has 138 valence electrons. The molecule has 1 unspecified atom stereocenters. The van der Waals surface area contributed by atoms with E-state index >= 15 is 0 Å². The molecule has 3 aromatic carbocycles. The van der Waals surface area contributed by atoms with Gasteiger partial charge in [0.2, 0.25) is 0 Å². The third kappa shape index (κ3) is 4.09. The van der Waals surface area contributed by atoms with Crippen LogP contribution in [0.5, 0.6) is 0 Å². The second-order valence-electron chi connectivity index (χ2n) is 7.14. The summed E-state index contributed by atoms with van der Waals surface area (Å²) in [5.41, 5.74) is 3.13. The normalized spacial score (nSPS) is 21.7. The molecule has 3 atom stereocenters. The summed E-state index contributed by atoms with van der Waals surface area (Å²) in [6.45, 7) is 2.09. The number of hydrogen-bond acceptors (Lipinski definition) is 1. The molecule has 1 heterocycles. The maximum Gasteiger partial charge on any atom is 0.180 e. The second-order valence-corrected chi connectivity index (χ2v) is 7.14. The predicted molar refractivity (Wildman–Crippen MR) is 116 cm³/mol. The van der Waals surface area contributed by atoms with E-state index in [9.17, 15) is 0 Å². The van der Waals surface area contributed by atoms with Crippen LogP contribution in [0.4, 0.5) is 0 Å². The Labute approximate surface area is 167 Å². The van der Waals surface area contributed by atoms with Gasteiger partial charge < -0.3 is 4.74 Å². The van der Waals surface area contributed by atoms with E-state index in [1.54, 1.807) is 0 Å². The molecule has 1 aliphatic heterocycles. The van der Waals surface area contributed by atoms with Crippen molar-refractivity contribution in [3.63, 3.8) is 0 Å². The minimum absolute atomic E-state index is 0.124. The van der Waals surface area contributed by atoms with Crippen LogP contribution in [0, 0.1) is 11.8 Å². The summed E-state index contributed by atoms with van der Waals surface area (Å²) in [7, 11) is 0. The fourth-order valence-electron chi connectivity index (χ4n) is 3.50. The largest absolute Gasteiger partial charge is 0.348 e. The van der Waals surface area contributed by atoms with Crippen molar-refractivity contribution in [3.05, 3.63) is 114 Å². The van der Waals surface area contributed by atoms with Crippen LogP contribution in [0.3, 0.4) is 0 Å². The van der Waals surface area contributed by atoms with Crippen molar-refractivity contribution in [3.8, 4) is 11.8 Å². The minimum atomic E-state index is -0.461. The first-order chi connectivity index (χ1) is 13.8. The standard InChI is InChI=1S/C27H24O/c1-22-27(28-22,26-18-9-4-10-19-26)21-20-25(24-15-7-3-8-16-24)17-11-14-23-12-5-2-6-13-23/h2-16,18-19,22,25H,17H2,1H3/b14-11+/t22-,25?,27-/m0/s1. The fraction of sp³-hybridized carbons (Fsp3) is 0.185. The highest BCUT2D eigenvalue weighted by molar-refractivity contribution is 5.49. The van der Waals surface area contributed by atoms with Gasteiger partial charge in [-0.05, 0) is 30.0 Å². The molecule has 1 fully saturated rings. The third-order valence-electron chi connectivity index (χ3n) is 5.20. The molecule has 0 N–H and O–H groups in total. The highest BCUT2D eigenvalue weighted by atomic mass is 16.6. The summed E-state index contributed by atoms with van der Waals surface area (Å²) in [5, 5.41) is 0. The molecule has 0 radical (unpaired) electrons. The molecule has 3 aromatic rings. The lowest BCUT2D eigenvalue weighted by atomic mass is 9.92. The van der Waals surface area contributed by atoms with Gasteiger partial charge in [-0.2, -0.15) is 0 Å².